The number of fused-ring (bicyclic) bond motifs is 1. The van der Waals surface area contributed by atoms with Crippen molar-refractivity contribution in [3.8, 4) is 11.5 Å². The lowest BCUT2D eigenvalue weighted by Gasteiger charge is -2.31. The third kappa shape index (κ3) is 3.79. The minimum atomic E-state index is 0.0109. The number of nitrogens with one attached hydrogen (secondary N) is 1. The molecular formula is C23H21BrN4OS. The Labute approximate surface area is 187 Å². The first-order valence-corrected chi connectivity index (χ1v) is 11.7. The van der Waals surface area contributed by atoms with E-state index in [0.29, 0.717) is 0 Å². The molecule has 5 rings (SSSR count). The van der Waals surface area contributed by atoms with E-state index in [9.17, 15) is 4.79 Å². The van der Waals surface area contributed by atoms with Gasteiger partial charge in [-0.05, 0) is 78.0 Å². The standard InChI is InChI=1S/C23H21BrN4OS/c24-21-12-11-20(30-21)23(29)26-15-6-5-7-16(14-15)28-19-10-2-1-8-17(19)27-22(28)18-9-3-4-13-25-18/h1-4,8-13,15-16H,5-7,14H2,(H,26,29)/t15-,16+/m1/s1. The monoisotopic (exact) mass is 480 g/mol. The van der Waals surface area contributed by atoms with Crippen LogP contribution in [0, 0.1) is 0 Å². The molecule has 1 N–H and O–H groups in total. The van der Waals surface area contributed by atoms with Crippen LogP contribution in [0.2, 0.25) is 0 Å². The highest BCUT2D eigenvalue weighted by Gasteiger charge is 2.28. The molecule has 4 aromatic rings. The van der Waals surface area contributed by atoms with E-state index >= 15 is 0 Å². The summed E-state index contributed by atoms with van der Waals surface area (Å²) in [7, 11) is 0. The van der Waals surface area contributed by atoms with Crippen molar-refractivity contribution in [2.75, 3.05) is 0 Å². The summed E-state index contributed by atoms with van der Waals surface area (Å²) in [6.07, 6.45) is 5.83. The van der Waals surface area contributed by atoms with Gasteiger partial charge in [-0.25, -0.2) is 4.98 Å². The van der Waals surface area contributed by atoms with Gasteiger partial charge in [-0.15, -0.1) is 11.3 Å². The molecule has 1 amide bonds. The number of benzene rings is 1. The molecule has 152 valence electrons. The first-order chi connectivity index (χ1) is 14.7. The normalized spacial score (nSPS) is 19.1. The Hall–Kier alpha value is -2.51. The number of carbonyl (C=O) groups excluding carboxylic acids is 1. The van der Waals surface area contributed by atoms with Crippen molar-refractivity contribution in [1.29, 1.82) is 0 Å². The van der Waals surface area contributed by atoms with Crippen LogP contribution in [0.5, 0.6) is 0 Å². The molecule has 1 fully saturated rings. The summed E-state index contributed by atoms with van der Waals surface area (Å²) < 4.78 is 3.30. The van der Waals surface area contributed by atoms with Crippen molar-refractivity contribution in [2.45, 2.75) is 37.8 Å². The van der Waals surface area contributed by atoms with Gasteiger partial charge in [0.25, 0.3) is 5.91 Å². The zero-order chi connectivity index (χ0) is 20.5. The lowest BCUT2D eigenvalue weighted by molar-refractivity contribution is 0.0925. The van der Waals surface area contributed by atoms with E-state index < -0.39 is 0 Å². The number of imidazole rings is 1. The summed E-state index contributed by atoms with van der Waals surface area (Å²) in [5.41, 5.74) is 2.98. The zero-order valence-corrected chi connectivity index (χ0v) is 18.7. The Morgan fingerprint density at radius 2 is 1.97 bits per heavy atom. The maximum Gasteiger partial charge on any atom is 0.261 e. The van der Waals surface area contributed by atoms with Gasteiger partial charge in [-0.1, -0.05) is 18.2 Å². The van der Waals surface area contributed by atoms with Gasteiger partial charge in [0, 0.05) is 18.3 Å². The van der Waals surface area contributed by atoms with Gasteiger partial charge in [0.2, 0.25) is 0 Å². The van der Waals surface area contributed by atoms with E-state index in [2.05, 4.69) is 49.0 Å². The second-order valence-electron chi connectivity index (χ2n) is 7.60. The molecule has 3 heterocycles. The number of pyridine rings is 1. The molecule has 0 saturated heterocycles. The van der Waals surface area contributed by atoms with E-state index in [1.165, 1.54) is 11.3 Å². The molecule has 1 aliphatic carbocycles. The topological polar surface area (TPSA) is 59.8 Å². The number of rotatable bonds is 4. The molecule has 1 aromatic carbocycles. The molecule has 30 heavy (non-hydrogen) atoms. The number of halogens is 1. The van der Waals surface area contributed by atoms with Crippen molar-refractivity contribution < 1.29 is 4.79 Å². The van der Waals surface area contributed by atoms with Crippen molar-refractivity contribution >= 4 is 44.2 Å². The number of hydrogen-bond acceptors (Lipinski definition) is 4. The summed E-state index contributed by atoms with van der Waals surface area (Å²) in [4.78, 5) is 22.9. The largest absolute Gasteiger partial charge is 0.349 e. The van der Waals surface area contributed by atoms with Crippen molar-refractivity contribution in [1.82, 2.24) is 19.9 Å². The summed E-state index contributed by atoms with van der Waals surface area (Å²) >= 11 is 4.90. The molecule has 0 bridgehead atoms. The number of para-hydroxylation sites is 2. The zero-order valence-electron chi connectivity index (χ0n) is 16.3. The number of nitrogens with zero attached hydrogens (tertiary/aromatic N) is 3. The second-order valence-corrected chi connectivity index (χ2v) is 10.1. The quantitative estimate of drug-likeness (QED) is 0.399. The highest BCUT2D eigenvalue weighted by atomic mass is 79.9. The van der Waals surface area contributed by atoms with Crippen molar-refractivity contribution in [3.63, 3.8) is 0 Å². The first-order valence-electron chi connectivity index (χ1n) is 10.1. The number of aromatic nitrogens is 3. The van der Waals surface area contributed by atoms with Gasteiger partial charge in [-0.2, -0.15) is 0 Å². The second kappa shape index (κ2) is 8.32. The molecule has 0 aliphatic heterocycles. The Balaban J connectivity index is 1.45. The molecule has 5 nitrogen and oxygen atoms in total. The smallest absolute Gasteiger partial charge is 0.261 e. The molecule has 0 radical (unpaired) electrons. The lowest BCUT2D eigenvalue weighted by atomic mass is 9.90. The van der Waals surface area contributed by atoms with Gasteiger partial charge in [-0.3, -0.25) is 9.78 Å². The molecule has 7 heteroatoms. The fraction of sp³-hybridized carbons (Fsp3) is 0.261. The van der Waals surface area contributed by atoms with Crippen LogP contribution in [0.3, 0.4) is 0 Å². The van der Waals surface area contributed by atoms with Crippen LogP contribution < -0.4 is 5.32 Å². The van der Waals surface area contributed by atoms with Crippen LogP contribution in [0.4, 0.5) is 0 Å². The fourth-order valence-corrected chi connectivity index (χ4v) is 5.60. The van der Waals surface area contributed by atoms with E-state index in [0.717, 1.165) is 56.9 Å². The Morgan fingerprint density at radius 1 is 1.10 bits per heavy atom. The third-order valence-corrected chi connectivity index (χ3v) is 7.26. The van der Waals surface area contributed by atoms with E-state index in [1.54, 1.807) is 0 Å². The van der Waals surface area contributed by atoms with Gasteiger partial charge >= 0.3 is 0 Å². The molecule has 3 aromatic heterocycles. The van der Waals surface area contributed by atoms with Crippen molar-refractivity contribution in [3.05, 3.63) is 69.5 Å². The Kier molecular flexibility index (Phi) is 5.39. The summed E-state index contributed by atoms with van der Waals surface area (Å²) in [6.45, 7) is 0. The van der Waals surface area contributed by atoms with Crippen molar-refractivity contribution in [2.24, 2.45) is 0 Å². The highest BCUT2D eigenvalue weighted by Crippen LogP contribution is 2.35. The van der Waals surface area contributed by atoms with Crippen LogP contribution in [-0.4, -0.2) is 26.5 Å². The highest BCUT2D eigenvalue weighted by molar-refractivity contribution is 9.11. The Morgan fingerprint density at radius 3 is 2.77 bits per heavy atom. The van der Waals surface area contributed by atoms with Crippen LogP contribution in [-0.2, 0) is 0 Å². The van der Waals surface area contributed by atoms with Crippen LogP contribution in [0.1, 0.15) is 41.4 Å². The number of thiophene rings is 1. The fourth-order valence-electron chi connectivity index (χ4n) is 4.31. The molecular weight excluding hydrogens is 460 g/mol. The van der Waals surface area contributed by atoms with E-state index in [4.69, 9.17) is 4.98 Å². The number of hydrogen-bond donors (Lipinski definition) is 1. The van der Waals surface area contributed by atoms with E-state index in [-0.39, 0.29) is 18.0 Å². The van der Waals surface area contributed by atoms with Gasteiger partial charge in [0.15, 0.2) is 5.82 Å². The van der Waals surface area contributed by atoms with Gasteiger partial charge in [0.05, 0.1) is 19.7 Å². The minimum absolute atomic E-state index is 0.0109. The van der Waals surface area contributed by atoms with Gasteiger partial charge < -0.3 is 9.88 Å². The predicted octanol–water partition coefficient (Wildman–Crippen LogP) is 5.84. The SMILES string of the molecule is O=C(N[C@@H]1CCC[C@H](n2c(-c3ccccn3)nc3ccccc32)C1)c1ccc(Br)s1. The summed E-state index contributed by atoms with van der Waals surface area (Å²) in [6, 6.07) is 18.4. The summed E-state index contributed by atoms with van der Waals surface area (Å²) in [5.74, 6) is 0.910. The first kappa shape index (κ1) is 19.5. The van der Waals surface area contributed by atoms with Crippen LogP contribution in [0.15, 0.2) is 64.6 Å². The molecule has 0 unspecified atom stereocenters. The van der Waals surface area contributed by atoms with E-state index in [1.807, 2.05) is 42.6 Å². The maximum absolute atomic E-state index is 12.7. The minimum Gasteiger partial charge on any atom is -0.349 e. The van der Waals surface area contributed by atoms with Crippen LogP contribution >= 0.6 is 27.3 Å². The lowest BCUT2D eigenvalue weighted by Crippen LogP contribution is -2.38. The molecule has 2 atom stereocenters. The molecule has 1 saturated carbocycles. The molecule has 1 aliphatic rings. The average Bonchev–Trinajstić information content (AvgIpc) is 3.38. The Bertz CT molecular complexity index is 1190. The number of amides is 1. The third-order valence-electron chi connectivity index (χ3n) is 5.63. The van der Waals surface area contributed by atoms with Crippen LogP contribution in [0.25, 0.3) is 22.6 Å². The molecule has 0 spiro atoms. The maximum atomic E-state index is 12.7. The van der Waals surface area contributed by atoms with Gasteiger partial charge in [0.1, 0.15) is 5.69 Å². The number of carbonyl (C=O) groups is 1. The predicted molar refractivity (Wildman–Crippen MR) is 124 cm³/mol. The average molecular weight is 481 g/mol. The summed E-state index contributed by atoms with van der Waals surface area (Å²) in [5, 5.41) is 3.25.